The highest BCUT2D eigenvalue weighted by Gasteiger charge is 2.42. The van der Waals surface area contributed by atoms with Crippen molar-refractivity contribution in [2.45, 2.75) is 44.3 Å². The molecule has 150 valence electrons. The van der Waals surface area contributed by atoms with Crippen LogP contribution in [0.2, 0.25) is 0 Å². The van der Waals surface area contributed by atoms with Gasteiger partial charge < -0.3 is 5.32 Å². The topological polar surface area (TPSA) is 70.2 Å². The molecule has 3 amide bonds. The van der Waals surface area contributed by atoms with E-state index in [2.05, 4.69) is 16.2 Å². The lowest BCUT2D eigenvalue weighted by Gasteiger charge is -2.30. The molecule has 28 heavy (non-hydrogen) atoms. The van der Waals surface area contributed by atoms with Crippen molar-refractivity contribution in [1.82, 2.24) is 16.2 Å². The molecule has 0 heterocycles. The summed E-state index contributed by atoms with van der Waals surface area (Å²) in [5, 5.41) is 4.57. The molecule has 1 fully saturated rings. The summed E-state index contributed by atoms with van der Waals surface area (Å²) in [5.41, 5.74) is 5.29. The Bertz CT molecular complexity index is 854. The maximum absolute atomic E-state index is 12.8. The summed E-state index contributed by atoms with van der Waals surface area (Å²) in [5.74, 6) is -1.81. The number of rotatable bonds is 3. The number of hydrogen-bond donors (Lipinski definition) is 3. The number of halogens is 3. The number of carbonyl (C=O) groups excluding carboxylic acids is 2. The fourth-order valence-electron chi connectivity index (χ4n) is 3.54. The van der Waals surface area contributed by atoms with Gasteiger partial charge in [0.1, 0.15) is 0 Å². The zero-order valence-electron chi connectivity index (χ0n) is 15.2. The Kier molecular flexibility index (Phi) is 6.06. The first-order valence-corrected chi connectivity index (χ1v) is 9.21. The standard InChI is InChI=1S/C20H22F3N3O2/c21-20(22,23)16-6-3-7-17(12-16)24-19(28)26-25-18(27)11-13-8-9-14-4-1-2-5-15(14)10-13/h1-2,4-5,8-10,16-17H,3,6-7,11-12H2,(H,25,27)(H2,24,26,28). The van der Waals surface area contributed by atoms with Crippen molar-refractivity contribution in [3.8, 4) is 0 Å². The highest BCUT2D eigenvalue weighted by atomic mass is 19.4. The molecule has 1 aliphatic carbocycles. The molecule has 0 spiro atoms. The van der Waals surface area contributed by atoms with Crippen molar-refractivity contribution in [2.24, 2.45) is 5.92 Å². The van der Waals surface area contributed by atoms with Gasteiger partial charge in [0.05, 0.1) is 12.3 Å². The number of carbonyl (C=O) groups is 2. The van der Waals surface area contributed by atoms with Crippen LogP contribution in [0, 0.1) is 5.92 Å². The molecule has 2 unspecified atom stereocenters. The van der Waals surface area contributed by atoms with Crippen LogP contribution in [0.15, 0.2) is 42.5 Å². The molecule has 0 bridgehead atoms. The molecule has 2 aromatic rings. The van der Waals surface area contributed by atoms with Crippen LogP contribution in [0.3, 0.4) is 0 Å². The molecule has 8 heteroatoms. The van der Waals surface area contributed by atoms with Gasteiger partial charge in [0, 0.05) is 6.04 Å². The van der Waals surface area contributed by atoms with Gasteiger partial charge >= 0.3 is 12.2 Å². The fraction of sp³-hybridized carbons (Fsp3) is 0.400. The summed E-state index contributed by atoms with van der Waals surface area (Å²) < 4.78 is 38.5. The van der Waals surface area contributed by atoms with Crippen LogP contribution < -0.4 is 16.2 Å². The predicted octanol–water partition coefficient (Wildman–Crippen LogP) is 3.83. The Morgan fingerprint density at radius 2 is 1.75 bits per heavy atom. The van der Waals surface area contributed by atoms with Crippen LogP contribution in [0.5, 0.6) is 0 Å². The van der Waals surface area contributed by atoms with Gasteiger partial charge in [0.25, 0.3) is 0 Å². The summed E-state index contributed by atoms with van der Waals surface area (Å²) >= 11 is 0. The third-order valence-corrected chi connectivity index (χ3v) is 4.97. The summed E-state index contributed by atoms with van der Waals surface area (Å²) in [4.78, 5) is 23.9. The molecule has 3 N–H and O–H groups in total. The van der Waals surface area contributed by atoms with E-state index >= 15 is 0 Å². The summed E-state index contributed by atoms with van der Waals surface area (Å²) in [7, 11) is 0. The smallest absolute Gasteiger partial charge is 0.334 e. The normalized spacial score (nSPS) is 19.8. The van der Waals surface area contributed by atoms with Crippen LogP contribution >= 0.6 is 0 Å². The summed E-state index contributed by atoms with van der Waals surface area (Å²) in [6.45, 7) is 0. The van der Waals surface area contributed by atoms with E-state index in [1.54, 1.807) is 0 Å². The molecule has 0 aromatic heterocycles. The average molecular weight is 393 g/mol. The number of amides is 3. The summed E-state index contributed by atoms with van der Waals surface area (Å²) in [6, 6.07) is 12.1. The van der Waals surface area contributed by atoms with Gasteiger partial charge in [-0.1, -0.05) is 48.9 Å². The van der Waals surface area contributed by atoms with Gasteiger partial charge in [-0.2, -0.15) is 13.2 Å². The van der Waals surface area contributed by atoms with Gasteiger partial charge in [-0.15, -0.1) is 0 Å². The lowest BCUT2D eigenvalue weighted by atomic mass is 9.85. The Morgan fingerprint density at radius 3 is 2.50 bits per heavy atom. The van der Waals surface area contributed by atoms with E-state index in [0.717, 1.165) is 16.3 Å². The second-order valence-electron chi connectivity index (χ2n) is 7.11. The molecule has 5 nitrogen and oxygen atoms in total. The van der Waals surface area contributed by atoms with Crippen LogP contribution in [0.4, 0.5) is 18.0 Å². The number of nitrogens with one attached hydrogen (secondary N) is 3. The third-order valence-electron chi connectivity index (χ3n) is 4.97. The van der Waals surface area contributed by atoms with Crippen LogP contribution in [0.1, 0.15) is 31.2 Å². The fourth-order valence-corrected chi connectivity index (χ4v) is 3.54. The van der Waals surface area contributed by atoms with Gasteiger partial charge in [-0.05, 0) is 35.6 Å². The molecule has 3 rings (SSSR count). The molecular weight excluding hydrogens is 371 g/mol. The molecule has 0 radical (unpaired) electrons. The Balaban J connectivity index is 1.45. The SMILES string of the molecule is O=C(Cc1ccc2ccccc2c1)NNC(=O)NC1CCCC(C(F)(F)F)C1. The number of alkyl halides is 3. The van der Waals surface area contributed by atoms with Crippen LogP contribution in [-0.2, 0) is 11.2 Å². The quantitative estimate of drug-likeness (QED) is 0.694. The van der Waals surface area contributed by atoms with E-state index in [1.165, 1.54) is 0 Å². The minimum absolute atomic E-state index is 0.0741. The second-order valence-corrected chi connectivity index (χ2v) is 7.11. The first-order valence-electron chi connectivity index (χ1n) is 9.21. The molecule has 1 aliphatic rings. The Morgan fingerprint density at radius 1 is 1.00 bits per heavy atom. The molecule has 0 aliphatic heterocycles. The van der Waals surface area contributed by atoms with Crippen molar-refractivity contribution in [3.63, 3.8) is 0 Å². The third kappa shape index (κ3) is 5.37. The average Bonchev–Trinajstić information content (AvgIpc) is 2.66. The first-order chi connectivity index (χ1) is 13.3. The largest absolute Gasteiger partial charge is 0.391 e. The van der Waals surface area contributed by atoms with Crippen LogP contribution in [0.25, 0.3) is 10.8 Å². The molecule has 2 aromatic carbocycles. The van der Waals surface area contributed by atoms with Gasteiger partial charge in [0.15, 0.2) is 0 Å². The maximum atomic E-state index is 12.8. The van der Waals surface area contributed by atoms with Crippen molar-refractivity contribution in [2.75, 3.05) is 0 Å². The Hall–Kier alpha value is -2.77. The number of hydrazine groups is 1. The lowest BCUT2D eigenvalue weighted by molar-refractivity contribution is -0.183. The second kappa shape index (κ2) is 8.50. The highest BCUT2D eigenvalue weighted by Crippen LogP contribution is 2.37. The maximum Gasteiger partial charge on any atom is 0.391 e. The van der Waals surface area contributed by atoms with Crippen molar-refractivity contribution < 1.29 is 22.8 Å². The van der Waals surface area contributed by atoms with Crippen molar-refractivity contribution in [1.29, 1.82) is 0 Å². The van der Waals surface area contributed by atoms with E-state index in [-0.39, 0.29) is 19.3 Å². The zero-order chi connectivity index (χ0) is 20.1. The summed E-state index contributed by atoms with van der Waals surface area (Å²) in [6.07, 6.45) is -3.32. The number of fused-ring (bicyclic) bond motifs is 1. The molecular formula is C20H22F3N3O2. The molecule has 0 saturated heterocycles. The number of hydrogen-bond acceptors (Lipinski definition) is 2. The van der Waals surface area contributed by atoms with E-state index < -0.39 is 30.1 Å². The van der Waals surface area contributed by atoms with E-state index in [4.69, 9.17) is 0 Å². The first kappa shape index (κ1) is 20.0. The van der Waals surface area contributed by atoms with Gasteiger partial charge in [0.2, 0.25) is 5.91 Å². The molecule has 1 saturated carbocycles. The lowest BCUT2D eigenvalue weighted by Crippen LogP contribution is -2.51. The molecule has 2 atom stereocenters. The minimum Gasteiger partial charge on any atom is -0.334 e. The number of urea groups is 1. The van der Waals surface area contributed by atoms with Crippen molar-refractivity contribution in [3.05, 3.63) is 48.0 Å². The van der Waals surface area contributed by atoms with Crippen molar-refractivity contribution >= 4 is 22.7 Å². The van der Waals surface area contributed by atoms with Gasteiger partial charge in [-0.25, -0.2) is 10.2 Å². The monoisotopic (exact) mass is 393 g/mol. The van der Waals surface area contributed by atoms with Crippen LogP contribution in [-0.4, -0.2) is 24.2 Å². The van der Waals surface area contributed by atoms with E-state index in [0.29, 0.717) is 12.8 Å². The highest BCUT2D eigenvalue weighted by molar-refractivity contribution is 5.86. The number of benzene rings is 2. The van der Waals surface area contributed by atoms with Gasteiger partial charge in [-0.3, -0.25) is 10.2 Å². The zero-order valence-corrected chi connectivity index (χ0v) is 15.2. The van der Waals surface area contributed by atoms with E-state index in [1.807, 2.05) is 42.5 Å². The predicted molar refractivity (Wildman–Crippen MR) is 99.3 cm³/mol. The minimum atomic E-state index is -4.25. The Labute approximate surface area is 160 Å². The van der Waals surface area contributed by atoms with E-state index in [9.17, 15) is 22.8 Å².